The number of halogens is 1. The second-order valence-corrected chi connectivity index (χ2v) is 5.86. The summed E-state index contributed by atoms with van der Waals surface area (Å²) < 4.78 is 18.4. The predicted molar refractivity (Wildman–Crippen MR) is 90.7 cm³/mol. The number of amides is 1. The van der Waals surface area contributed by atoms with Gasteiger partial charge in [0.2, 0.25) is 0 Å². The van der Waals surface area contributed by atoms with Crippen molar-refractivity contribution in [3.8, 4) is 0 Å². The zero-order valence-corrected chi connectivity index (χ0v) is 13.3. The number of carbonyl (C=O) groups is 1. The molecular formula is C18H13FN2O2S. The van der Waals surface area contributed by atoms with E-state index in [2.05, 4.69) is 10.5 Å². The van der Waals surface area contributed by atoms with Crippen molar-refractivity contribution in [1.29, 1.82) is 0 Å². The molecule has 0 radical (unpaired) electrons. The summed E-state index contributed by atoms with van der Waals surface area (Å²) in [5.74, 6) is -0.293. The normalized spacial score (nSPS) is 10.9. The summed E-state index contributed by atoms with van der Waals surface area (Å²) in [6, 6.07) is 18.7. The third kappa shape index (κ3) is 4.33. The number of nitrogens with one attached hydrogen (secondary N) is 1. The first-order chi connectivity index (χ1) is 11.7. The van der Waals surface area contributed by atoms with E-state index in [0.717, 1.165) is 9.99 Å². The summed E-state index contributed by atoms with van der Waals surface area (Å²) in [5.41, 5.74) is 2.69. The molecule has 1 amide bonds. The number of nitrogens with zero attached hydrogens (tertiary/aromatic N) is 1. The smallest absolute Gasteiger partial charge is 0.271 e. The van der Waals surface area contributed by atoms with Crippen LogP contribution in [0.3, 0.4) is 0 Å². The maximum Gasteiger partial charge on any atom is 0.271 e. The average molecular weight is 340 g/mol. The van der Waals surface area contributed by atoms with Gasteiger partial charge < -0.3 is 4.42 Å². The fourth-order valence-corrected chi connectivity index (χ4v) is 2.68. The van der Waals surface area contributed by atoms with Crippen LogP contribution in [0.15, 0.2) is 86.2 Å². The molecule has 24 heavy (non-hydrogen) atoms. The molecule has 1 aromatic heterocycles. The van der Waals surface area contributed by atoms with E-state index < -0.39 is 11.7 Å². The van der Waals surface area contributed by atoms with Gasteiger partial charge in [0.15, 0.2) is 5.09 Å². The maximum atomic E-state index is 12.8. The zero-order chi connectivity index (χ0) is 16.8. The highest BCUT2D eigenvalue weighted by atomic mass is 32.2. The lowest BCUT2D eigenvalue weighted by atomic mass is 10.2. The van der Waals surface area contributed by atoms with Crippen LogP contribution >= 0.6 is 11.8 Å². The van der Waals surface area contributed by atoms with E-state index in [4.69, 9.17) is 4.42 Å². The van der Waals surface area contributed by atoms with Crippen molar-refractivity contribution in [2.24, 2.45) is 5.10 Å². The van der Waals surface area contributed by atoms with Crippen LogP contribution in [0.4, 0.5) is 4.39 Å². The van der Waals surface area contributed by atoms with E-state index in [0.29, 0.717) is 11.3 Å². The Morgan fingerprint density at radius 1 is 1.04 bits per heavy atom. The Kier molecular flexibility index (Phi) is 5.08. The summed E-state index contributed by atoms with van der Waals surface area (Å²) in [5, 5.41) is 4.57. The van der Waals surface area contributed by atoms with Crippen molar-refractivity contribution in [3.05, 3.63) is 83.9 Å². The van der Waals surface area contributed by atoms with E-state index >= 15 is 0 Å². The summed E-state index contributed by atoms with van der Waals surface area (Å²) in [6.07, 6.45) is 1.41. The quantitative estimate of drug-likeness (QED) is 0.555. The third-order valence-electron chi connectivity index (χ3n) is 3.03. The molecule has 3 aromatic rings. The van der Waals surface area contributed by atoms with Gasteiger partial charge in [-0.3, -0.25) is 4.79 Å². The van der Waals surface area contributed by atoms with Gasteiger partial charge in [0.1, 0.15) is 11.6 Å². The zero-order valence-electron chi connectivity index (χ0n) is 12.5. The van der Waals surface area contributed by atoms with Crippen LogP contribution in [0.2, 0.25) is 0 Å². The van der Waals surface area contributed by atoms with Gasteiger partial charge in [-0.2, -0.15) is 5.10 Å². The lowest BCUT2D eigenvalue weighted by Crippen LogP contribution is -2.17. The van der Waals surface area contributed by atoms with Gasteiger partial charge in [-0.15, -0.1) is 0 Å². The minimum atomic E-state index is -0.420. The Balaban J connectivity index is 1.57. The molecule has 0 bridgehead atoms. The Hall–Kier alpha value is -2.86. The fraction of sp³-hybridized carbons (Fsp3) is 0. The van der Waals surface area contributed by atoms with Gasteiger partial charge >= 0.3 is 0 Å². The molecule has 0 unspecified atom stereocenters. The lowest BCUT2D eigenvalue weighted by molar-refractivity contribution is 0.0955. The number of benzene rings is 2. The molecular weight excluding hydrogens is 327 g/mol. The van der Waals surface area contributed by atoms with Crippen molar-refractivity contribution in [3.63, 3.8) is 0 Å². The minimum absolute atomic E-state index is 0.327. The van der Waals surface area contributed by atoms with Crippen LogP contribution in [0.5, 0.6) is 0 Å². The van der Waals surface area contributed by atoms with Gasteiger partial charge in [0, 0.05) is 10.5 Å². The molecule has 1 N–H and O–H groups in total. The summed E-state index contributed by atoms with van der Waals surface area (Å²) in [4.78, 5) is 12.9. The van der Waals surface area contributed by atoms with Crippen molar-refractivity contribution in [2.45, 2.75) is 9.99 Å². The first-order valence-corrected chi connectivity index (χ1v) is 7.94. The van der Waals surface area contributed by atoms with Gasteiger partial charge in [-0.1, -0.05) is 30.0 Å². The van der Waals surface area contributed by atoms with Crippen LogP contribution in [-0.4, -0.2) is 12.1 Å². The Morgan fingerprint density at radius 2 is 1.79 bits per heavy atom. The van der Waals surface area contributed by atoms with Crippen LogP contribution < -0.4 is 5.43 Å². The van der Waals surface area contributed by atoms with Crippen LogP contribution in [0.25, 0.3) is 0 Å². The number of rotatable bonds is 5. The van der Waals surface area contributed by atoms with E-state index in [1.807, 2.05) is 36.4 Å². The van der Waals surface area contributed by atoms with Gasteiger partial charge in [-0.25, -0.2) is 9.82 Å². The average Bonchev–Trinajstić information content (AvgIpc) is 3.03. The number of hydrazone groups is 1. The molecule has 0 saturated heterocycles. The molecule has 6 heteroatoms. The SMILES string of the molecule is O=C(N/N=C\c1ccc(Sc2ccccc2)o1)c1ccc(F)cc1. The first-order valence-electron chi connectivity index (χ1n) is 7.12. The van der Waals surface area contributed by atoms with E-state index in [9.17, 15) is 9.18 Å². The number of hydrogen-bond donors (Lipinski definition) is 1. The van der Waals surface area contributed by atoms with Crippen LogP contribution in [0.1, 0.15) is 16.1 Å². The summed E-state index contributed by atoms with van der Waals surface area (Å²) >= 11 is 1.50. The number of carbonyl (C=O) groups excluding carboxylic acids is 1. The Labute approximate surface area is 142 Å². The topological polar surface area (TPSA) is 54.6 Å². The molecule has 120 valence electrons. The number of hydrogen-bond acceptors (Lipinski definition) is 4. The second-order valence-electron chi connectivity index (χ2n) is 4.78. The van der Waals surface area contributed by atoms with E-state index in [1.165, 1.54) is 42.2 Å². The van der Waals surface area contributed by atoms with Crippen molar-refractivity contribution >= 4 is 23.9 Å². The molecule has 1 heterocycles. The summed E-state index contributed by atoms with van der Waals surface area (Å²) in [6.45, 7) is 0. The molecule has 0 fully saturated rings. The lowest BCUT2D eigenvalue weighted by Gasteiger charge is -1.98. The van der Waals surface area contributed by atoms with Crippen molar-refractivity contribution in [1.82, 2.24) is 5.43 Å². The number of furan rings is 1. The molecule has 4 nitrogen and oxygen atoms in total. The molecule has 0 saturated carbocycles. The van der Waals surface area contributed by atoms with Crippen LogP contribution in [-0.2, 0) is 0 Å². The monoisotopic (exact) mass is 340 g/mol. The van der Waals surface area contributed by atoms with Crippen molar-refractivity contribution in [2.75, 3.05) is 0 Å². The van der Waals surface area contributed by atoms with E-state index in [1.54, 1.807) is 6.07 Å². The molecule has 0 aliphatic rings. The molecule has 3 rings (SSSR count). The molecule has 0 aliphatic carbocycles. The highest BCUT2D eigenvalue weighted by molar-refractivity contribution is 7.99. The molecule has 2 aromatic carbocycles. The minimum Gasteiger partial charge on any atom is -0.448 e. The molecule has 0 aliphatic heterocycles. The molecule has 0 atom stereocenters. The second kappa shape index (κ2) is 7.61. The van der Waals surface area contributed by atoms with E-state index in [-0.39, 0.29) is 0 Å². The summed E-state index contributed by atoms with van der Waals surface area (Å²) in [7, 11) is 0. The highest BCUT2D eigenvalue weighted by Gasteiger charge is 2.05. The highest BCUT2D eigenvalue weighted by Crippen LogP contribution is 2.28. The Morgan fingerprint density at radius 3 is 2.54 bits per heavy atom. The Bertz CT molecular complexity index is 845. The van der Waals surface area contributed by atoms with Gasteiger partial charge in [0.05, 0.1) is 6.21 Å². The van der Waals surface area contributed by atoms with Crippen LogP contribution in [0, 0.1) is 5.82 Å². The van der Waals surface area contributed by atoms with Gasteiger partial charge in [-0.05, 0) is 48.5 Å². The van der Waals surface area contributed by atoms with Crippen molar-refractivity contribution < 1.29 is 13.6 Å². The largest absolute Gasteiger partial charge is 0.448 e. The third-order valence-corrected chi connectivity index (χ3v) is 3.96. The maximum absolute atomic E-state index is 12.8. The molecule has 0 spiro atoms. The fourth-order valence-electron chi connectivity index (χ4n) is 1.88. The predicted octanol–water partition coefficient (Wildman–Crippen LogP) is 4.33. The van der Waals surface area contributed by atoms with Gasteiger partial charge in [0.25, 0.3) is 5.91 Å². The standard InChI is InChI=1S/C18H13FN2O2S/c19-14-8-6-13(7-9-14)18(22)21-20-12-15-10-11-17(23-15)24-16-4-2-1-3-5-16/h1-12H,(H,21,22)/b20-12-. The first kappa shape index (κ1) is 16.0.